The molecule has 2 aliphatic rings. The average Bonchev–Trinajstić information content (AvgIpc) is 3.62. The molecule has 1 aliphatic carbocycles. The zero-order chi connectivity index (χ0) is 23.5. The molecule has 2 aromatic carbocycles. The van der Waals surface area contributed by atoms with Crippen LogP contribution >= 0.6 is 11.8 Å². The maximum atomic E-state index is 13.6. The summed E-state index contributed by atoms with van der Waals surface area (Å²) in [6.45, 7) is 3.76. The van der Waals surface area contributed by atoms with E-state index in [0.717, 1.165) is 29.9 Å². The molecule has 1 aromatic heterocycles. The first-order chi connectivity index (χ1) is 16.6. The van der Waals surface area contributed by atoms with Gasteiger partial charge in [-0.05, 0) is 36.6 Å². The molecule has 1 saturated heterocycles. The zero-order valence-corrected chi connectivity index (χ0v) is 19.8. The van der Waals surface area contributed by atoms with Gasteiger partial charge in [-0.2, -0.15) is 0 Å². The van der Waals surface area contributed by atoms with Crippen molar-refractivity contribution in [3.8, 4) is 5.69 Å². The SMILES string of the molecule is CC(=O)Nc1cccc(-n2c(SC(C(=O)N3CCOCC3)c3ccccc3)nnc2C2CC2)c1. The lowest BCUT2D eigenvalue weighted by Gasteiger charge is -2.30. The van der Waals surface area contributed by atoms with Crippen LogP contribution in [0.3, 0.4) is 0 Å². The van der Waals surface area contributed by atoms with Gasteiger partial charge in [0.25, 0.3) is 0 Å². The highest BCUT2D eigenvalue weighted by atomic mass is 32.2. The number of aromatic nitrogens is 3. The summed E-state index contributed by atoms with van der Waals surface area (Å²) in [5.41, 5.74) is 2.50. The summed E-state index contributed by atoms with van der Waals surface area (Å²) in [6, 6.07) is 17.5. The van der Waals surface area contributed by atoms with Gasteiger partial charge in [-0.25, -0.2) is 0 Å². The van der Waals surface area contributed by atoms with Gasteiger partial charge in [0.05, 0.1) is 18.9 Å². The molecule has 2 fully saturated rings. The molecule has 0 spiro atoms. The zero-order valence-electron chi connectivity index (χ0n) is 19.0. The number of benzene rings is 2. The first kappa shape index (κ1) is 22.6. The van der Waals surface area contributed by atoms with E-state index in [9.17, 15) is 9.59 Å². The van der Waals surface area contributed by atoms with Crippen molar-refractivity contribution in [3.63, 3.8) is 0 Å². The summed E-state index contributed by atoms with van der Waals surface area (Å²) in [6.07, 6.45) is 2.14. The van der Waals surface area contributed by atoms with E-state index in [1.54, 1.807) is 0 Å². The molecular weight excluding hydrogens is 450 g/mol. The molecule has 1 N–H and O–H groups in total. The lowest BCUT2D eigenvalue weighted by molar-refractivity contribution is -0.134. The fourth-order valence-electron chi connectivity index (χ4n) is 4.08. The van der Waals surface area contributed by atoms with Crippen molar-refractivity contribution in [3.05, 3.63) is 66.0 Å². The van der Waals surface area contributed by atoms with Gasteiger partial charge in [0.15, 0.2) is 5.16 Å². The van der Waals surface area contributed by atoms with E-state index in [4.69, 9.17) is 4.74 Å². The third kappa shape index (κ3) is 5.00. The standard InChI is InChI=1S/C25H27N5O3S/c1-17(31)26-20-8-5-9-21(16-20)30-23(19-10-11-19)27-28-25(30)34-22(18-6-3-2-4-7-18)24(32)29-12-14-33-15-13-29/h2-9,16,19,22H,10-15H2,1H3,(H,26,31). The highest BCUT2D eigenvalue weighted by Gasteiger charge is 2.34. The minimum Gasteiger partial charge on any atom is -0.378 e. The fourth-order valence-corrected chi connectivity index (χ4v) is 5.22. The van der Waals surface area contributed by atoms with Crippen molar-refractivity contribution in [2.75, 3.05) is 31.6 Å². The highest BCUT2D eigenvalue weighted by Crippen LogP contribution is 2.43. The number of ether oxygens (including phenoxy) is 1. The van der Waals surface area contributed by atoms with Crippen LogP contribution in [0, 0.1) is 0 Å². The van der Waals surface area contributed by atoms with Crippen molar-refractivity contribution < 1.29 is 14.3 Å². The monoisotopic (exact) mass is 477 g/mol. The predicted molar refractivity (Wildman–Crippen MR) is 130 cm³/mol. The molecule has 0 radical (unpaired) electrons. The van der Waals surface area contributed by atoms with Crippen molar-refractivity contribution in [2.45, 2.75) is 36.1 Å². The molecular formula is C25H27N5O3S. The van der Waals surface area contributed by atoms with Crippen molar-refractivity contribution in [1.29, 1.82) is 0 Å². The summed E-state index contributed by atoms with van der Waals surface area (Å²) in [7, 11) is 0. The summed E-state index contributed by atoms with van der Waals surface area (Å²) in [4.78, 5) is 27.1. The van der Waals surface area contributed by atoms with Crippen LogP contribution in [0.2, 0.25) is 0 Å². The summed E-state index contributed by atoms with van der Waals surface area (Å²) in [5.74, 6) is 1.18. The molecule has 1 atom stereocenters. The number of nitrogens with zero attached hydrogens (tertiary/aromatic N) is 4. The molecule has 9 heteroatoms. The van der Waals surface area contributed by atoms with E-state index in [1.165, 1.54) is 18.7 Å². The van der Waals surface area contributed by atoms with E-state index in [1.807, 2.05) is 64.1 Å². The van der Waals surface area contributed by atoms with Gasteiger partial charge >= 0.3 is 0 Å². The lowest BCUT2D eigenvalue weighted by Crippen LogP contribution is -2.42. The first-order valence-corrected chi connectivity index (χ1v) is 12.4. The van der Waals surface area contributed by atoms with Gasteiger partial charge in [-0.15, -0.1) is 10.2 Å². The topological polar surface area (TPSA) is 89.4 Å². The normalized spacial score (nSPS) is 16.8. The molecule has 0 bridgehead atoms. The minimum absolute atomic E-state index is 0.0500. The average molecular weight is 478 g/mol. The molecule has 3 aromatic rings. The Balaban J connectivity index is 1.52. The molecule has 5 rings (SSSR count). The second-order valence-electron chi connectivity index (χ2n) is 8.53. The molecule has 8 nitrogen and oxygen atoms in total. The van der Waals surface area contributed by atoms with Crippen LogP contribution in [-0.4, -0.2) is 57.8 Å². The predicted octanol–water partition coefficient (Wildman–Crippen LogP) is 3.80. The lowest BCUT2D eigenvalue weighted by atomic mass is 10.1. The first-order valence-electron chi connectivity index (χ1n) is 11.5. The van der Waals surface area contributed by atoms with Crippen LogP contribution in [0.1, 0.15) is 42.3 Å². The van der Waals surface area contributed by atoms with Gasteiger partial charge < -0.3 is 15.0 Å². The number of amides is 2. The van der Waals surface area contributed by atoms with Gasteiger partial charge in [-0.1, -0.05) is 48.2 Å². The molecule has 34 heavy (non-hydrogen) atoms. The Morgan fingerprint density at radius 2 is 1.82 bits per heavy atom. The Morgan fingerprint density at radius 1 is 1.06 bits per heavy atom. The largest absolute Gasteiger partial charge is 0.378 e. The molecule has 1 aliphatic heterocycles. The van der Waals surface area contributed by atoms with Crippen LogP contribution in [0.4, 0.5) is 5.69 Å². The van der Waals surface area contributed by atoms with Crippen LogP contribution < -0.4 is 5.32 Å². The number of carbonyl (C=O) groups is 2. The number of carbonyl (C=O) groups excluding carboxylic acids is 2. The third-order valence-electron chi connectivity index (χ3n) is 5.90. The Morgan fingerprint density at radius 3 is 2.53 bits per heavy atom. The van der Waals surface area contributed by atoms with Gasteiger partial charge in [0, 0.05) is 31.6 Å². The summed E-state index contributed by atoms with van der Waals surface area (Å²) >= 11 is 1.42. The number of hydrogen-bond acceptors (Lipinski definition) is 6. The third-order valence-corrected chi connectivity index (χ3v) is 7.08. The maximum absolute atomic E-state index is 13.6. The number of anilines is 1. The quantitative estimate of drug-likeness (QED) is 0.521. The van der Waals surface area contributed by atoms with Gasteiger partial charge in [0.1, 0.15) is 11.1 Å². The van der Waals surface area contributed by atoms with Gasteiger partial charge in [0.2, 0.25) is 11.8 Å². The van der Waals surface area contributed by atoms with Crippen LogP contribution in [0.15, 0.2) is 59.8 Å². The van der Waals surface area contributed by atoms with Crippen LogP contribution in [-0.2, 0) is 14.3 Å². The number of morpholine rings is 1. The Kier molecular flexibility index (Phi) is 6.64. The van der Waals surface area contributed by atoms with Gasteiger partial charge in [-0.3, -0.25) is 14.2 Å². The summed E-state index contributed by atoms with van der Waals surface area (Å²) in [5, 5.41) is 12.1. The fraction of sp³-hybridized carbons (Fsp3) is 0.360. The Labute approximate surface area is 202 Å². The molecule has 1 saturated carbocycles. The minimum atomic E-state index is -0.451. The number of hydrogen-bond donors (Lipinski definition) is 1. The van der Waals surface area contributed by atoms with Crippen LogP contribution in [0.5, 0.6) is 0 Å². The molecule has 2 heterocycles. The second kappa shape index (κ2) is 9.99. The van der Waals surface area contributed by atoms with Crippen molar-refractivity contribution in [2.24, 2.45) is 0 Å². The number of rotatable bonds is 7. The number of thioether (sulfide) groups is 1. The Hall–Kier alpha value is -3.17. The van der Waals surface area contributed by atoms with E-state index in [0.29, 0.717) is 43.1 Å². The van der Waals surface area contributed by atoms with E-state index < -0.39 is 5.25 Å². The van der Waals surface area contributed by atoms with Crippen LogP contribution in [0.25, 0.3) is 5.69 Å². The van der Waals surface area contributed by atoms with E-state index >= 15 is 0 Å². The smallest absolute Gasteiger partial charge is 0.240 e. The molecule has 176 valence electrons. The van der Waals surface area contributed by atoms with Crippen molar-refractivity contribution >= 4 is 29.3 Å². The summed E-state index contributed by atoms with van der Waals surface area (Å²) < 4.78 is 7.49. The number of nitrogens with one attached hydrogen (secondary N) is 1. The second-order valence-corrected chi connectivity index (χ2v) is 9.60. The van der Waals surface area contributed by atoms with E-state index in [-0.39, 0.29) is 11.8 Å². The molecule has 2 amide bonds. The van der Waals surface area contributed by atoms with E-state index in [2.05, 4.69) is 15.5 Å². The van der Waals surface area contributed by atoms with Crippen molar-refractivity contribution in [1.82, 2.24) is 19.7 Å². The maximum Gasteiger partial charge on any atom is 0.240 e. The molecule has 1 unspecified atom stereocenters. The highest BCUT2D eigenvalue weighted by molar-refractivity contribution is 8.00. The Bertz CT molecular complexity index is 1170.